The molecule has 0 fully saturated rings. The van der Waals surface area contributed by atoms with Gasteiger partial charge in [0.25, 0.3) is 0 Å². The first-order chi connectivity index (χ1) is 8.69. The quantitative estimate of drug-likeness (QED) is 0.502. The summed E-state index contributed by atoms with van der Waals surface area (Å²) in [5.74, 6) is 6.23. The van der Waals surface area contributed by atoms with Gasteiger partial charge in [-0.25, -0.2) is 0 Å². The number of aromatic nitrogens is 1. The number of nitrogens with two attached hydrogens (primary N) is 1. The molecule has 4 heteroatoms. The van der Waals surface area contributed by atoms with Crippen molar-refractivity contribution in [2.45, 2.75) is 24.5 Å². The van der Waals surface area contributed by atoms with Crippen LogP contribution in [0.2, 0.25) is 0 Å². The summed E-state index contributed by atoms with van der Waals surface area (Å²) in [6.07, 6.45) is 1.77. The first-order valence-corrected chi connectivity index (χ1v) is 6.79. The highest BCUT2D eigenvalue weighted by atomic mass is 32.2. The minimum absolute atomic E-state index is 0.847. The number of hydrogen-bond donors (Lipinski definition) is 2. The number of rotatable bonds is 4. The molecular weight excluding hydrogens is 242 g/mol. The molecule has 0 radical (unpaired) electrons. The second kappa shape index (κ2) is 5.89. The Kier molecular flexibility index (Phi) is 4.23. The standard InChI is InChI=1S/C14H17N3S/c1-10-3-4-11(2)14(7-10)18-9-13-8-12(17-15)5-6-16-13/h3-8H,9,15H2,1-2H3,(H,16,17). The topological polar surface area (TPSA) is 50.9 Å². The van der Waals surface area contributed by atoms with Crippen molar-refractivity contribution in [3.8, 4) is 0 Å². The van der Waals surface area contributed by atoms with Gasteiger partial charge < -0.3 is 5.43 Å². The van der Waals surface area contributed by atoms with Gasteiger partial charge in [-0.2, -0.15) is 0 Å². The lowest BCUT2D eigenvalue weighted by molar-refractivity contribution is 1.16. The molecule has 1 heterocycles. The van der Waals surface area contributed by atoms with Gasteiger partial charge in [0.15, 0.2) is 0 Å². The maximum absolute atomic E-state index is 5.39. The van der Waals surface area contributed by atoms with Gasteiger partial charge in [-0.1, -0.05) is 17.7 Å². The third kappa shape index (κ3) is 3.24. The van der Waals surface area contributed by atoms with Crippen LogP contribution in [0.1, 0.15) is 16.8 Å². The van der Waals surface area contributed by atoms with Gasteiger partial charge in [0.05, 0.1) is 11.4 Å². The summed E-state index contributed by atoms with van der Waals surface area (Å²) in [4.78, 5) is 5.65. The van der Waals surface area contributed by atoms with Crippen molar-refractivity contribution < 1.29 is 0 Å². The number of aryl methyl sites for hydroxylation is 2. The van der Waals surface area contributed by atoms with Crippen molar-refractivity contribution >= 4 is 17.4 Å². The molecule has 3 nitrogen and oxygen atoms in total. The second-order valence-corrected chi connectivity index (χ2v) is 5.25. The molecule has 0 aliphatic heterocycles. The summed E-state index contributed by atoms with van der Waals surface area (Å²) in [5.41, 5.74) is 7.14. The molecule has 0 aliphatic carbocycles. The molecule has 0 atom stereocenters. The highest BCUT2D eigenvalue weighted by Gasteiger charge is 2.02. The van der Waals surface area contributed by atoms with Crippen LogP contribution in [0.15, 0.2) is 41.4 Å². The van der Waals surface area contributed by atoms with Crippen molar-refractivity contribution in [3.05, 3.63) is 53.3 Å². The molecule has 0 unspecified atom stereocenters. The highest BCUT2D eigenvalue weighted by Crippen LogP contribution is 2.26. The van der Waals surface area contributed by atoms with E-state index in [1.807, 2.05) is 12.1 Å². The summed E-state index contributed by atoms with van der Waals surface area (Å²) < 4.78 is 0. The lowest BCUT2D eigenvalue weighted by Crippen LogP contribution is -2.07. The number of nitrogen functional groups attached to an aromatic ring is 1. The maximum atomic E-state index is 5.39. The van der Waals surface area contributed by atoms with E-state index < -0.39 is 0 Å². The van der Waals surface area contributed by atoms with Gasteiger partial charge in [-0.3, -0.25) is 10.8 Å². The van der Waals surface area contributed by atoms with Crippen molar-refractivity contribution in [1.82, 2.24) is 4.98 Å². The predicted molar refractivity (Wildman–Crippen MR) is 77.5 cm³/mol. The summed E-state index contributed by atoms with van der Waals surface area (Å²) in [5, 5.41) is 0. The Morgan fingerprint density at radius 2 is 2.06 bits per heavy atom. The van der Waals surface area contributed by atoms with Crippen LogP contribution < -0.4 is 11.3 Å². The smallest absolute Gasteiger partial charge is 0.0527 e. The zero-order chi connectivity index (χ0) is 13.0. The number of nitrogens with zero attached hydrogens (tertiary/aromatic N) is 1. The molecule has 0 saturated carbocycles. The first-order valence-electron chi connectivity index (χ1n) is 5.80. The third-order valence-corrected chi connectivity index (χ3v) is 3.89. The van der Waals surface area contributed by atoms with Gasteiger partial charge in [0.2, 0.25) is 0 Å². The highest BCUT2D eigenvalue weighted by molar-refractivity contribution is 7.98. The molecule has 2 aromatic rings. The average Bonchev–Trinajstić information content (AvgIpc) is 2.40. The largest absolute Gasteiger partial charge is 0.324 e. The Hall–Kier alpha value is -1.52. The van der Waals surface area contributed by atoms with E-state index in [9.17, 15) is 0 Å². The molecule has 94 valence electrons. The fourth-order valence-electron chi connectivity index (χ4n) is 1.66. The molecule has 18 heavy (non-hydrogen) atoms. The van der Waals surface area contributed by atoms with E-state index in [4.69, 9.17) is 5.84 Å². The maximum Gasteiger partial charge on any atom is 0.0527 e. The van der Waals surface area contributed by atoms with Crippen LogP contribution in [-0.4, -0.2) is 4.98 Å². The van der Waals surface area contributed by atoms with Crippen LogP contribution in [0.5, 0.6) is 0 Å². The van der Waals surface area contributed by atoms with E-state index in [1.165, 1.54) is 16.0 Å². The monoisotopic (exact) mass is 259 g/mol. The number of thioether (sulfide) groups is 1. The number of anilines is 1. The molecule has 0 bridgehead atoms. The van der Waals surface area contributed by atoms with Crippen molar-refractivity contribution in [2.24, 2.45) is 5.84 Å². The zero-order valence-corrected chi connectivity index (χ0v) is 11.4. The van der Waals surface area contributed by atoms with Crippen LogP contribution >= 0.6 is 11.8 Å². The molecular formula is C14H17N3S. The van der Waals surface area contributed by atoms with Gasteiger partial charge in [-0.15, -0.1) is 11.8 Å². The summed E-state index contributed by atoms with van der Waals surface area (Å²) >= 11 is 1.80. The van der Waals surface area contributed by atoms with Crippen molar-refractivity contribution in [1.29, 1.82) is 0 Å². The van der Waals surface area contributed by atoms with Gasteiger partial charge in [0, 0.05) is 16.8 Å². The van der Waals surface area contributed by atoms with Crippen LogP contribution in [0.25, 0.3) is 0 Å². The van der Waals surface area contributed by atoms with Gasteiger partial charge in [0.1, 0.15) is 0 Å². The number of benzene rings is 1. The van der Waals surface area contributed by atoms with E-state index in [2.05, 4.69) is 42.5 Å². The Labute approximate surface area is 112 Å². The van der Waals surface area contributed by atoms with E-state index in [1.54, 1.807) is 18.0 Å². The third-order valence-electron chi connectivity index (χ3n) is 2.70. The van der Waals surface area contributed by atoms with Gasteiger partial charge in [-0.05, 0) is 37.6 Å². The van der Waals surface area contributed by atoms with Crippen LogP contribution in [-0.2, 0) is 5.75 Å². The molecule has 1 aromatic carbocycles. The lowest BCUT2D eigenvalue weighted by atomic mass is 10.2. The number of hydrogen-bond acceptors (Lipinski definition) is 4. The lowest BCUT2D eigenvalue weighted by Gasteiger charge is -2.07. The summed E-state index contributed by atoms with van der Waals surface area (Å²) in [6.45, 7) is 4.24. The van der Waals surface area contributed by atoms with Crippen LogP contribution in [0, 0.1) is 13.8 Å². The normalized spacial score (nSPS) is 10.4. The van der Waals surface area contributed by atoms with Crippen LogP contribution in [0.3, 0.4) is 0 Å². The van der Waals surface area contributed by atoms with Crippen molar-refractivity contribution in [3.63, 3.8) is 0 Å². The SMILES string of the molecule is Cc1ccc(C)c(SCc2cc(NN)ccn2)c1. The molecule has 0 saturated heterocycles. The summed E-state index contributed by atoms with van der Waals surface area (Å²) in [6, 6.07) is 10.3. The van der Waals surface area contributed by atoms with E-state index in [0.717, 1.165) is 17.1 Å². The first kappa shape index (κ1) is 12.9. The second-order valence-electron chi connectivity index (χ2n) is 4.24. The van der Waals surface area contributed by atoms with E-state index >= 15 is 0 Å². The van der Waals surface area contributed by atoms with Gasteiger partial charge >= 0.3 is 0 Å². The minimum atomic E-state index is 0.847. The van der Waals surface area contributed by atoms with E-state index in [-0.39, 0.29) is 0 Å². The molecule has 0 spiro atoms. The average molecular weight is 259 g/mol. The fraction of sp³-hybridized carbons (Fsp3) is 0.214. The predicted octanol–water partition coefficient (Wildman–Crippen LogP) is 3.28. The van der Waals surface area contributed by atoms with Crippen LogP contribution in [0.4, 0.5) is 5.69 Å². The summed E-state index contributed by atoms with van der Waals surface area (Å²) in [7, 11) is 0. The van der Waals surface area contributed by atoms with Crippen molar-refractivity contribution in [2.75, 3.05) is 5.43 Å². The molecule has 0 aliphatic rings. The number of hydrazine groups is 1. The molecule has 2 rings (SSSR count). The molecule has 3 N–H and O–H groups in total. The fourth-order valence-corrected chi connectivity index (χ4v) is 2.69. The Balaban J connectivity index is 2.08. The molecule has 1 aromatic heterocycles. The number of pyridine rings is 1. The zero-order valence-electron chi connectivity index (χ0n) is 10.6. The van der Waals surface area contributed by atoms with E-state index in [0.29, 0.717) is 0 Å². The minimum Gasteiger partial charge on any atom is -0.324 e. The Bertz CT molecular complexity index is 540. The Morgan fingerprint density at radius 1 is 1.22 bits per heavy atom. The Morgan fingerprint density at radius 3 is 2.83 bits per heavy atom. The molecule has 0 amide bonds. The number of nitrogens with one attached hydrogen (secondary N) is 1.